The first-order valence-electron chi connectivity index (χ1n) is 20.3. The number of rotatable bonds is 17. The molecule has 3 fully saturated rings. The van der Waals surface area contributed by atoms with Crippen molar-refractivity contribution in [3.8, 4) is 11.6 Å². The van der Waals surface area contributed by atoms with Crippen LogP contribution in [-0.2, 0) is 29.1 Å². The molecule has 0 radical (unpaired) electrons. The van der Waals surface area contributed by atoms with Crippen LogP contribution in [0, 0.1) is 17.8 Å². The molecule has 1 aromatic carbocycles. The first kappa shape index (κ1) is 45.7. The summed E-state index contributed by atoms with van der Waals surface area (Å²) in [5.41, 5.74) is -4.46. The van der Waals surface area contributed by atoms with Crippen molar-refractivity contribution < 1.29 is 55.0 Å². The van der Waals surface area contributed by atoms with E-state index in [0.717, 1.165) is 18.2 Å². The quantitative estimate of drug-likeness (QED) is 0.167. The molecule has 2 aromatic rings. The summed E-state index contributed by atoms with van der Waals surface area (Å²) in [6, 6.07) is 4.40. The van der Waals surface area contributed by atoms with Crippen LogP contribution in [0.25, 0.3) is 10.8 Å². The summed E-state index contributed by atoms with van der Waals surface area (Å²) in [5.74, 6) is -2.61. The van der Waals surface area contributed by atoms with E-state index in [2.05, 4.69) is 20.3 Å². The number of amides is 4. The fraction of sp³-hybridized carbons (Fsp3) is 0.683. The lowest BCUT2D eigenvalue weighted by Crippen LogP contribution is -2.59. The van der Waals surface area contributed by atoms with Crippen molar-refractivity contribution in [3.05, 3.63) is 30.5 Å². The van der Waals surface area contributed by atoms with Crippen LogP contribution < -0.4 is 24.8 Å². The Morgan fingerprint density at radius 2 is 1.73 bits per heavy atom. The van der Waals surface area contributed by atoms with Gasteiger partial charge < -0.3 is 29.7 Å². The molecule has 1 saturated heterocycles. The maximum absolute atomic E-state index is 14.8. The molecule has 59 heavy (non-hydrogen) atoms. The Morgan fingerprint density at radius 1 is 1.07 bits per heavy atom. The number of nitrogens with one attached hydrogen (secondary N) is 3. The highest BCUT2D eigenvalue weighted by molar-refractivity contribution is 7.91. The van der Waals surface area contributed by atoms with Crippen LogP contribution in [0.5, 0.6) is 11.6 Å². The van der Waals surface area contributed by atoms with Gasteiger partial charge in [-0.05, 0) is 108 Å². The number of hydrogen-bond donors (Lipinski definition) is 3. The van der Waals surface area contributed by atoms with Crippen LogP contribution >= 0.6 is 0 Å². The fourth-order valence-electron chi connectivity index (χ4n) is 7.61. The number of carbonyl (C=O) groups is 4. The largest absolute Gasteiger partial charge is 0.491 e. The third-order valence-corrected chi connectivity index (χ3v) is 13.9. The number of fused-ring (bicyclic) bond motifs is 1. The monoisotopic (exact) mass is 853 g/mol. The van der Waals surface area contributed by atoms with Crippen molar-refractivity contribution >= 4 is 44.6 Å². The van der Waals surface area contributed by atoms with Crippen LogP contribution in [-0.4, -0.2) is 95.0 Å². The van der Waals surface area contributed by atoms with E-state index in [9.17, 15) is 40.8 Å². The van der Waals surface area contributed by atoms with E-state index >= 15 is 0 Å². The normalized spacial score (nSPS) is 24.2. The number of benzene rings is 1. The lowest BCUT2D eigenvalue weighted by Gasteiger charge is -2.34. The Hall–Kier alpha value is -4.35. The minimum atomic E-state index is -4.91. The molecule has 5 rings (SSSR count). The number of hydrogen-bond acceptors (Lipinski definition) is 10. The van der Waals surface area contributed by atoms with E-state index in [4.69, 9.17) is 14.2 Å². The zero-order valence-corrected chi connectivity index (χ0v) is 36.0. The van der Waals surface area contributed by atoms with Crippen molar-refractivity contribution in [3.63, 3.8) is 0 Å². The van der Waals surface area contributed by atoms with Crippen LogP contribution in [0.2, 0.25) is 0 Å². The molecule has 3 N–H and O–H groups in total. The van der Waals surface area contributed by atoms with Gasteiger partial charge in [0.05, 0.1) is 17.4 Å². The number of pyridine rings is 1. The van der Waals surface area contributed by atoms with Crippen molar-refractivity contribution in [2.24, 2.45) is 17.8 Å². The molecule has 0 spiro atoms. The van der Waals surface area contributed by atoms with E-state index in [1.54, 1.807) is 38.2 Å². The predicted octanol–water partition coefficient (Wildman–Crippen LogP) is 6.16. The third-order valence-electron chi connectivity index (χ3n) is 11.8. The molecular weight excluding hydrogens is 796 g/mol. The summed E-state index contributed by atoms with van der Waals surface area (Å²) < 4.78 is 85.4. The number of ether oxygens (including phenoxy) is 3. The lowest BCUT2D eigenvalue weighted by molar-refractivity contribution is -0.244. The second-order valence-electron chi connectivity index (χ2n) is 17.7. The van der Waals surface area contributed by atoms with Gasteiger partial charge in [-0.1, -0.05) is 40.5 Å². The summed E-state index contributed by atoms with van der Waals surface area (Å²) >= 11 is 0. The highest BCUT2D eigenvalue weighted by atomic mass is 32.2. The summed E-state index contributed by atoms with van der Waals surface area (Å²) in [5, 5.41) is 6.51. The van der Waals surface area contributed by atoms with Gasteiger partial charge >= 0.3 is 12.3 Å². The Bertz CT molecular complexity index is 2030. The molecule has 7 atom stereocenters. The summed E-state index contributed by atoms with van der Waals surface area (Å²) in [7, 11) is -4.04. The third kappa shape index (κ3) is 10.2. The van der Waals surface area contributed by atoms with Crippen molar-refractivity contribution in [2.45, 2.75) is 154 Å². The molecular formula is C41H58F3N5O9S. The number of nitrogens with zero attached hydrogens (tertiary/aromatic N) is 2. The average molecular weight is 854 g/mol. The Morgan fingerprint density at radius 3 is 2.31 bits per heavy atom. The number of alkyl carbamates (subject to hydrolysis) is 1. The SMILES string of the molecule is CCC[C@@H](C)C[C@@H](C)[C@H](NC(=O)OC(C)(C)C(F)(F)F)C(=O)N1C[C@H](Oc2nccc3cc(OC(C)C)ccc23)C[C@H]1C(=O)N[C@]1(C(=O)NS(=O)(=O)C2(C)CC2)C[C@H]1C. The van der Waals surface area contributed by atoms with Gasteiger partial charge in [0.25, 0.3) is 5.91 Å². The van der Waals surface area contributed by atoms with Gasteiger partial charge in [-0.15, -0.1) is 0 Å². The van der Waals surface area contributed by atoms with Gasteiger partial charge in [0, 0.05) is 18.0 Å². The van der Waals surface area contributed by atoms with E-state index in [1.807, 2.05) is 33.8 Å². The van der Waals surface area contributed by atoms with E-state index in [-0.39, 0.29) is 37.3 Å². The van der Waals surface area contributed by atoms with Crippen LogP contribution in [0.1, 0.15) is 107 Å². The maximum Gasteiger partial charge on any atom is 0.427 e. The van der Waals surface area contributed by atoms with Gasteiger partial charge in [-0.2, -0.15) is 13.2 Å². The van der Waals surface area contributed by atoms with Gasteiger partial charge in [0.15, 0.2) is 0 Å². The molecule has 2 saturated carbocycles. The van der Waals surface area contributed by atoms with E-state index in [1.165, 1.54) is 11.8 Å². The molecule has 18 heteroatoms. The molecule has 0 unspecified atom stereocenters. The zero-order chi connectivity index (χ0) is 43.9. The Kier molecular flexibility index (Phi) is 13.1. The van der Waals surface area contributed by atoms with Crippen LogP contribution in [0.3, 0.4) is 0 Å². The summed E-state index contributed by atoms with van der Waals surface area (Å²) in [6.07, 6.45) is -2.96. The second-order valence-corrected chi connectivity index (χ2v) is 19.9. The predicted molar refractivity (Wildman–Crippen MR) is 213 cm³/mol. The second kappa shape index (κ2) is 17.0. The van der Waals surface area contributed by atoms with E-state index in [0.29, 0.717) is 44.2 Å². The average Bonchev–Trinajstić information content (AvgIpc) is 3.98. The molecule has 4 amide bonds. The Labute approximate surface area is 344 Å². The Balaban J connectivity index is 1.47. The number of aromatic nitrogens is 1. The molecule has 0 bridgehead atoms. The molecule has 3 aliphatic rings. The highest BCUT2D eigenvalue weighted by Gasteiger charge is 2.62. The maximum atomic E-state index is 14.8. The molecule has 2 aliphatic carbocycles. The summed E-state index contributed by atoms with van der Waals surface area (Å²) in [4.78, 5) is 61.5. The zero-order valence-electron chi connectivity index (χ0n) is 35.2. The van der Waals surface area contributed by atoms with Crippen molar-refractivity contribution in [1.82, 2.24) is 25.2 Å². The van der Waals surface area contributed by atoms with Crippen LogP contribution in [0.15, 0.2) is 30.5 Å². The van der Waals surface area contributed by atoms with E-state index < -0.39 is 85.9 Å². The summed E-state index contributed by atoms with van der Waals surface area (Å²) in [6.45, 7) is 13.8. The van der Waals surface area contributed by atoms with Gasteiger partial charge in [-0.25, -0.2) is 18.2 Å². The number of sulfonamides is 1. The highest BCUT2D eigenvalue weighted by Crippen LogP contribution is 2.46. The molecule has 328 valence electrons. The van der Waals surface area contributed by atoms with Gasteiger partial charge in [0.1, 0.15) is 29.5 Å². The smallest absolute Gasteiger partial charge is 0.427 e. The first-order valence-corrected chi connectivity index (χ1v) is 21.8. The van der Waals surface area contributed by atoms with Crippen molar-refractivity contribution in [1.29, 1.82) is 0 Å². The number of carbonyl (C=O) groups excluding carboxylic acids is 4. The van der Waals surface area contributed by atoms with Crippen LogP contribution in [0.4, 0.5) is 18.0 Å². The molecule has 14 nitrogen and oxygen atoms in total. The minimum absolute atomic E-state index is 0.0660. The molecule has 1 aliphatic heterocycles. The number of halogens is 3. The topological polar surface area (TPSA) is 182 Å². The van der Waals surface area contributed by atoms with Gasteiger partial charge in [-0.3, -0.25) is 19.1 Å². The molecule has 2 heterocycles. The number of likely N-dealkylation sites (tertiary alicyclic amines) is 1. The standard InChI is InChI=1S/C41H58F3N5O9S/c1-10-11-24(4)18-25(5)32(46-37(53)58-38(7,8)41(42,43)44)35(51)49-22-29(57-34-30-13-12-28(56-23(2)3)19-27(30)14-17-45-34)20-31(49)33(50)47-40(21-26(40)6)36(52)48-59(54,55)39(9)15-16-39/h12-14,17,19,23-26,29,31-32H,10-11,15-16,18,20-22H2,1-9H3,(H,46,53)(H,47,50)(H,48,52)/t24-,25-,26-,29-,31+,32+,40-/m1/s1. The fourth-order valence-corrected chi connectivity index (χ4v) is 8.92. The van der Waals surface area contributed by atoms with Crippen molar-refractivity contribution in [2.75, 3.05) is 6.54 Å². The minimum Gasteiger partial charge on any atom is -0.491 e. The van der Waals surface area contributed by atoms with Gasteiger partial charge in [0.2, 0.25) is 33.3 Å². The lowest BCUT2D eigenvalue weighted by atomic mass is 9.88. The number of alkyl halides is 3. The first-order chi connectivity index (χ1) is 27.3. The molecule has 1 aromatic heterocycles.